The molecule has 0 amide bonds. The highest BCUT2D eigenvalue weighted by Crippen LogP contribution is 2.34. The maximum Gasteiger partial charge on any atom is 0.416 e. The van der Waals surface area contributed by atoms with Gasteiger partial charge < -0.3 is 0 Å². The molecule has 0 radical (unpaired) electrons. The number of piperidine rings is 1. The highest BCUT2D eigenvalue weighted by Gasteiger charge is 2.36. The average molecular weight is 414 g/mol. The third-order valence-corrected chi connectivity index (χ3v) is 6.82. The molecule has 2 rings (SSSR count). The summed E-state index contributed by atoms with van der Waals surface area (Å²) in [5.41, 5.74) is -1.03. The molecule has 0 spiro atoms. The van der Waals surface area contributed by atoms with E-state index in [4.69, 9.17) is 0 Å². The van der Waals surface area contributed by atoms with E-state index in [2.05, 4.69) is 4.72 Å². The van der Waals surface area contributed by atoms with Crippen LogP contribution in [-0.2, 0) is 26.2 Å². The summed E-state index contributed by atoms with van der Waals surface area (Å²) in [7, 11) is -7.49. The van der Waals surface area contributed by atoms with Crippen LogP contribution in [0.3, 0.4) is 0 Å². The van der Waals surface area contributed by atoms with Gasteiger partial charge in [0.15, 0.2) is 0 Å². The number of hydrogen-bond acceptors (Lipinski definition) is 4. The van der Waals surface area contributed by atoms with Crippen molar-refractivity contribution >= 4 is 20.0 Å². The van der Waals surface area contributed by atoms with E-state index in [9.17, 15) is 30.0 Å². The zero-order chi connectivity index (χ0) is 19.8. The summed E-state index contributed by atoms with van der Waals surface area (Å²) in [6.07, 6.45) is -2.49. The SMILES string of the molecule is Cc1ccc(S(=O)(=O)N2CCCC(CNS(C)(=O)=O)C2)cc1C(F)(F)F. The number of aryl methyl sites for hydroxylation is 1. The number of rotatable bonds is 5. The summed E-state index contributed by atoms with van der Waals surface area (Å²) in [6, 6.07) is 2.96. The summed E-state index contributed by atoms with van der Waals surface area (Å²) in [5.74, 6) is -0.235. The first-order valence-electron chi connectivity index (χ1n) is 7.93. The van der Waals surface area contributed by atoms with Gasteiger partial charge in [0.1, 0.15) is 0 Å². The van der Waals surface area contributed by atoms with E-state index in [0.29, 0.717) is 18.9 Å². The topological polar surface area (TPSA) is 83.6 Å². The Balaban J connectivity index is 2.24. The number of halogens is 3. The van der Waals surface area contributed by atoms with Gasteiger partial charge in [0.25, 0.3) is 0 Å². The van der Waals surface area contributed by atoms with E-state index in [0.717, 1.165) is 22.7 Å². The minimum absolute atomic E-state index is 0.0506. The fourth-order valence-corrected chi connectivity index (χ4v) is 5.02. The Labute approximate surface area is 151 Å². The van der Waals surface area contributed by atoms with Crippen molar-refractivity contribution < 1.29 is 30.0 Å². The first kappa shape index (κ1) is 21.1. The monoisotopic (exact) mass is 414 g/mol. The fourth-order valence-electron chi connectivity index (χ4n) is 2.90. The van der Waals surface area contributed by atoms with Gasteiger partial charge in [-0.1, -0.05) is 6.07 Å². The third kappa shape index (κ3) is 5.18. The molecule has 0 aliphatic carbocycles. The second-order valence-electron chi connectivity index (χ2n) is 6.47. The Morgan fingerprint density at radius 1 is 1.23 bits per heavy atom. The lowest BCUT2D eigenvalue weighted by atomic mass is 10.0. The van der Waals surface area contributed by atoms with Crippen LogP contribution in [0.5, 0.6) is 0 Å². The lowest BCUT2D eigenvalue weighted by Gasteiger charge is -2.32. The predicted molar refractivity (Wildman–Crippen MR) is 90.5 cm³/mol. The largest absolute Gasteiger partial charge is 0.416 e. The Morgan fingerprint density at radius 2 is 1.88 bits per heavy atom. The van der Waals surface area contributed by atoms with Crippen LogP contribution >= 0.6 is 0 Å². The van der Waals surface area contributed by atoms with E-state index >= 15 is 0 Å². The van der Waals surface area contributed by atoms with Gasteiger partial charge in [0, 0.05) is 19.6 Å². The van der Waals surface area contributed by atoms with Crippen molar-refractivity contribution in [2.75, 3.05) is 25.9 Å². The van der Waals surface area contributed by atoms with Gasteiger partial charge in [0.2, 0.25) is 20.0 Å². The summed E-state index contributed by atoms with van der Waals surface area (Å²) in [6.45, 7) is 1.60. The summed E-state index contributed by atoms with van der Waals surface area (Å²) in [5, 5.41) is 0. The Morgan fingerprint density at radius 3 is 2.46 bits per heavy atom. The van der Waals surface area contributed by atoms with Gasteiger partial charge in [-0.05, 0) is 43.4 Å². The zero-order valence-corrected chi connectivity index (χ0v) is 16.0. The second-order valence-corrected chi connectivity index (χ2v) is 10.2. The van der Waals surface area contributed by atoms with Crippen LogP contribution in [0.4, 0.5) is 13.2 Å². The number of benzene rings is 1. The molecule has 1 aliphatic rings. The molecule has 0 bridgehead atoms. The van der Waals surface area contributed by atoms with E-state index < -0.39 is 36.7 Å². The standard InChI is InChI=1S/C15H21F3N2O4S2/c1-11-5-6-13(8-14(11)15(16,17)18)26(23,24)20-7-3-4-12(10-20)9-19-25(2,21)22/h5-6,8,12,19H,3-4,7,9-10H2,1-2H3. The van der Waals surface area contributed by atoms with Crippen LogP contribution in [-0.4, -0.2) is 47.0 Å². The molecular formula is C15H21F3N2O4S2. The van der Waals surface area contributed by atoms with Crippen molar-refractivity contribution in [2.45, 2.75) is 30.8 Å². The molecule has 6 nitrogen and oxygen atoms in total. The lowest BCUT2D eigenvalue weighted by molar-refractivity contribution is -0.138. The zero-order valence-electron chi connectivity index (χ0n) is 14.4. The second kappa shape index (κ2) is 7.45. The highest BCUT2D eigenvalue weighted by atomic mass is 32.2. The van der Waals surface area contributed by atoms with Gasteiger partial charge in [-0.3, -0.25) is 0 Å². The first-order chi connectivity index (χ1) is 11.8. The molecule has 1 aromatic carbocycles. The van der Waals surface area contributed by atoms with Crippen molar-refractivity contribution in [1.82, 2.24) is 9.03 Å². The molecule has 0 aromatic heterocycles. The normalized spacial score (nSPS) is 20.3. The van der Waals surface area contributed by atoms with Crippen molar-refractivity contribution in [3.63, 3.8) is 0 Å². The number of nitrogens with zero attached hydrogens (tertiary/aromatic N) is 1. The Kier molecular flexibility index (Phi) is 6.06. The van der Waals surface area contributed by atoms with E-state index in [1.807, 2.05) is 0 Å². The molecule has 1 aromatic rings. The summed E-state index contributed by atoms with van der Waals surface area (Å²) >= 11 is 0. The maximum atomic E-state index is 13.1. The molecular weight excluding hydrogens is 393 g/mol. The minimum atomic E-state index is -4.64. The highest BCUT2D eigenvalue weighted by molar-refractivity contribution is 7.89. The van der Waals surface area contributed by atoms with Gasteiger partial charge in [-0.15, -0.1) is 0 Å². The molecule has 1 atom stereocenters. The van der Waals surface area contributed by atoms with Gasteiger partial charge in [0.05, 0.1) is 16.7 Å². The Bertz CT molecular complexity index is 867. The molecule has 1 saturated heterocycles. The molecule has 1 heterocycles. The van der Waals surface area contributed by atoms with Crippen molar-refractivity contribution in [2.24, 2.45) is 5.92 Å². The lowest BCUT2D eigenvalue weighted by Crippen LogP contribution is -2.43. The average Bonchev–Trinajstić information content (AvgIpc) is 2.51. The van der Waals surface area contributed by atoms with Gasteiger partial charge in [-0.25, -0.2) is 21.6 Å². The molecule has 148 valence electrons. The summed E-state index contributed by atoms with van der Waals surface area (Å²) in [4.78, 5) is -0.410. The quantitative estimate of drug-likeness (QED) is 0.799. The predicted octanol–water partition coefficient (Wildman–Crippen LogP) is 1.96. The fraction of sp³-hybridized carbons (Fsp3) is 0.600. The van der Waals surface area contributed by atoms with Crippen LogP contribution in [0.15, 0.2) is 23.1 Å². The van der Waals surface area contributed by atoms with E-state index in [1.54, 1.807) is 0 Å². The minimum Gasteiger partial charge on any atom is -0.215 e. The van der Waals surface area contributed by atoms with Crippen LogP contribution < -0.4 is 4.72 Å². The van der Waals surface area contributed by atoms with Gasteiger partial charge >= 0.3 is 6.18 Å². The third-order valence-electron chi connectivity index (χ3n) is 4.27. The molecule has 1 unspecified atom stereocenters. The molecule has 1 aliphatic heterocycles. The van der Waals surface area contributed by atoms with Crippen LogP contribution in [0.25, 0.3) is 0 Å². The number of alkyl halides is 3. The van der Waals surface area contributed by atoms with E-state index in [-0.39, 0.29) is 31.1 Å². The van der Waals surface area contributed by atoms with Crippen LogP contribution in [0.2, 0.25) is 0 Å². The van der Waals surface area contributed by atoms with E-state index in [1.165, 1.54) is 6.92 Å². The smallest absolute Gasteiger partial charge is 0.215 e. The molecule has 1 N–H and O–H groups in total. The summed E-state index contributed by atoms with van der Waals surface area (Å²) < 4.78 is 90.5. The number of nitrogens with one attached hydrogen (secondary N) is 1. The molecule has 1 fully saturated rings. The number of hydrogen-bond donors (Lipinski definition) is 1. The Hall–Kier alpha value is -1.17. The maximum absolute atomic E-state index is 13.1. The van der Waals surface area contributed by atoms with Crippen LogP contribution in [0.1, 0.15) is 24.0 Å². The van der Waals surface area contributed by atoms with Crippen LogP contribution in [0, 0.1) is 12.8 Å². The molecule has 0 saturated carbocycles. The molecule has 26 heavy (non-hydrogen) atoms. The number of sulfonamides is 2. The first-order valence-corrected chi connectivity index (χ1v) is 11.3. The van der Waals surface area contributed by atoms with Crippen molar-refractivity contribution in [3.8, 4) is 0 Å². The van der Waals surface area contributed by atoms with Crippen molar-refractivity contribution in [3.05, 3.63) is 29.3 Å². The van der Waals surface area contributed by atoms with Gasteiger partial charge in [-0.2, -0.15) is 17.5 Å². The van der Waals surface area contributed by atoms with Crippen molar-refractivity contribution in [1.29, 1.82) is 0 Å². The molecule has 11 heteroatoms.